The van der Waals surface area contributed by atoms with Crippen LogP contribution in [0.5, 0.6) is 0 Å². The molecule has 5 nitrogen and oxygen atoms in total. The Labute approximate surface area is 129 Å². The van der Waals surface area contributed by atoms with Crippen molar-refractivity contribution in [2.45, 2.75) is 5.75 Å². The predicted octanol–water partition coefficient (Wildman–Crippen LogP) is 2.90. The smallest absolute Gasteiger partial charge is 0.306 e. The second-order valence-electron chi connectivity index (χ2n) is 4.28. The molecule has 0 aliphatic heterocycles. The van der Waals surface area contributed by atoms with E-state index in [1.165, 1.54) is 0 Å². The number of hydrogen-bond acceptors (Lipinski definition) is 4. The molecule has 0 saturated carbocycles. The summed E-state index contributed by atoms with van der Waals surface area (Å²) in [5.74, 6) is -0.292. The Hall–Kier alpha value is -1.99. The van der Waals surface area contributed by atoms with Crippen molar-refractivity contribution in [3.05, 3.63) is 66.2 Å². The van der Waals surface area contributed by atoms with Crippen LogP contribution in [-0.4, -0.2) is 18.2 Å². The van der Waals surface area contributed by atoms with Gasteiger partial charge in [-0.2, -0.15) is 3.71 Å². The van der Waals surface area contributed by atoms with Crippen LogP contribution in [0.25, 0.3) is 0 Å². The van der Waals surface area contributed by atoms with Gasteiger partial charge in [0.05, 0.1) is 5.75 Å². The van der Waals surface area contributed by atoms with E-state index in [9.17, 15) is 13.2 Å². The van der Waals surface area contributed by atoms with E-state index < -0.39 is 16.1 Å². The van der Waals surface area contributed by atoms with E-state index in [-0.39, 0.29) is 5.75 Å². The number of nitrogens with zero attached hydrogens (tertiary/aromatic N) is 1. The third-order valence-electron chi connectivity index (χ3n) is 2.65. The van der Waals surface area contributed by atoms with E-state index >= 15 is 0 Å². The van der Waals surface area contributed by atoms with Gasteiger partial charge in [0, 0.05) is 5.69 Å². The van der Waals surface area contributed by atoms with Crippen LogP contribution in [0.3, 0.4) is 0 Å². The molecule has 0 aromatic heterocycles. The van der Waals surface area contributed by atoms with Crippen molar-refractivity contribution in [1.82, 2.24) is 3.71 Å². The predicted molar refractivity (Wildman–Crippen MR) is 85.4 cm³/mol. The number of benzene rings is 2. The maximum absolute atomic E-state index is 12.1. The highest BCUT2D eigenvalue weighted by molar-refractivity contribution is 8.00. The minimum Gasteiger partial charge on any atom is -0.306 e. The first-order chi connectivity index (χ1) is 9.99. The first kappa shape index (κ1) is 15.4. The fourth-order valence-corrected chi connectivity index (χ4v) is 2.92. The van der Waals surface area contributed by atoms with Gasteiger partial charge in [-0.05, 0) is 30.5 Å². The van der Waals surface area contributed by atoms with Crippen molar-refractivity contribution >= 4 is 34.6 Å². The molecule has 7 heteroatoms. The van der Waals surface area contributed by atoms with E-state index in [1.807, 2.05) is 0 Å². The highest BCUT2D eigenvalue weighted by Gasteiger charge is 2.25. The average Bonchev–Trinajstić information content (AvgIpc) is 2.48. The molecule has 2 amide bonds. The van der Waals surface area contributed by atoms with Crippen LogP contribution >= 0.6 is 12.8 Å². The molecule has 0 spiro atoms. The number of urea groups is 1. The zero-order valence-electron chi connectivity index (χ0n) is 11.0. The number of rotatable bonds is 4. The Kier molecular flexibility index (Phi) is 4.87. The number of carbonyl (C=O) groups excluding carboxylic acids is 1. The number of nitrogens with one attached hydrogen (secondary N) is 1. The Bertz CT molecular complexity index is 704. The fourth-order valence-electron chi connectivity index (χ4n) is 1.67. The number of thiol groups is 1. The lowest BCUT2D eigenvalue weighted by Crippen LogP contribution is -2.33. The van der Waals surface area contributed by atoms with Crippen molar-refractivity contribution in [2.24, 2.45) is 0 Å². The molecule has 110 valence electrons. The van der Waals surface area contributed by atoms with Gasteiger partial charge in [-0.1, -0.05) is 48.5 Å². The lowest BCUT2D eigenvalue weighted by Gasteiger charge is -2.16. The summed E-state index contributed by atoms with van der Waals surface area (Å²) in [7, 11) is -3.85. The molecule has 2 aromatic rings. The number of amides is 2. The van der Waals surface area contributed by atoms with E-state index in [2.05, 4.69) is 18.1 Å². The maximum atomic E-state index is 12.1. The lowest BCUT2D eigenvalue weighted by atomic mass is 10.2. The summed E-state index contributed by atoms with van der Waals surface area (Å²) in [4.78, 5) is 11.9. The van der Waals surface area contributed by atoms with E-state index in [1.54, 1.807) is 60.7 Å². The van der Waals surface area contributed by atoms with Gasteiger partial charge in [-0.25, -0.2) is 13.2 Å². The first-order valence-corrected chi connectivity index (χ1v) is 8.12. The molecule has 0 heterocycles. The summed E-state index contributed by atoms with van der Waals surface area (Å²) in [6, 6.07) is 16.4. The maximum Gasteiger partial charge on any atom is 0.345 e. The van der Waals surface area contributed by atoms with Gasteiger partial charge in [-0.3, -0.25) is 0 Å². The van der Waals surface area contributed by atoms with Crippen LogP contribution in [0.15, 0.2) is 60.7 Å². The Balaban J connectivity index is 2.07. The molecular weight excluding hydrogens is 308 g/mol. The topological polar surface area (TPSA) is 66.5 Å². The molecule has 0 radical (unpaired) electrons. The molecule has 0 fully saturated rings. The lowest BCUT2D eigenvalue weighted by molar-refractivity contribution is 0.249. The molecule has 0 atom stereocenters. The van der Waals surface area contributed by atoms with Gasteiger partial charge in [0.1, 0.15) is 0 Å². The van der Waals surface area contributed by atoms with Gasteiger partial charge in [0.25, 0.3) is 10.0 Å². The second-order valence-corrected chi connectivity index (χ2v) is 6.77. The van der Waals surface area contributed by atoms with E-state index in [4.69, 9.17) is 0 Å². The first-order valence-electron chi connectivity index (χ1n) is 6.11. The number of sulfonamides is 1. The van der Waals surface area contributed by atoms with Crippen molar-refractivity contribution in [2.75, 3.05) is 5.32 Å². The molecule has 0 bridgehead atoms. The molecule has 0 unspecified atom stereocenters. The van der Waals surface area contributed by atoms with Crippen LogP contribution in [0, 0.1) is 0 Å². The zero-order chi connectivity index (χ0) is 15.3. The molecule has 0 aliphatic rings. The average molecular weight is 322 g/mol. The zero-order valence-corrected chi connectivity index (χ0v) is 12.7. The second kappa shape index (κ2) is 6.64. The summed E-state index contributed by atoms with van der Waals surface area (Å²) in [6.07, 6.45) is 0. The monoisotopic (exact) mass is 322 g/mol. The molecule has 21 heavy (non-hydrogen) atoms. The summed E-state index contributed by atoms with van der Waals surface area (Å²) < 4.78 is 24.7. The Morgan fingerprint density at radius 3 is 2.10 bits per heavy atom. The molecular formula is C14H14N2O3S2. The van der Waals surface area contributed by atoms with Crippen LogP contribution < -0.4 is 5.32 Å². The standard InChI is InChI=1S/C14H14N2O3S2/c17-14(15-13-9-5-2-6-10-13)16(20)21(18,19)11-12-7-3-1-4-8-12/h1-10,20H,11H2,(H,15,17). The third kappa shape index (κ3) is 4.24. The van der Waals surface area contributed by atoms with Crippen molar-refractivity contribution in [3.63, 3.8) is 0 Å². The van der Waals surface area contributed by atoms with Crippen molar-refractivity contribution < 1.29 is 13.2 Å². The van der Waals surface area contributed by atoms with Crippen LogP contribution in [0.4, 0.5) is 10.5 Å². The number of hydrogen-bond donors (Lipinski definition) is 2. The van der Waals surface area contributed by atoms with E-state index in [0.717, 1.165) is 0 Å². The third-order valence-corrected chi connectivity index (χ3v) is 4.97. The highest BCUT2D eigenvalue weighted by atomic mass is 32.3. The minimum atomic E-state index is -3.85. The fraction of sp³-hybridized carbons (Fsp3) is 0.0714. The van der Waals surface area contributed by atoms with Gasteiger partial charge in [-0.15, -0.1) is 0 Å². The van der Waals surface area contributed by atoms with Crippen molar-refractivity contribution in [1.29, 1.82) is 0 Å². The Morgan fingerprint density at radius 2 is 1.52 bits per heavy atom. The normalized spacial score (nSPS) is 10.9. The van der Waals surface area contributed by atoms with Gasteiger partial charge < -0.3 is 5.32 Å². The molecule has 0 aliphatic carbocycles. The van der Waals surface area contributed by atoms with Gasteiger partial charge >= 0.3 is 6.03 Å². The number of carbonyl (C=O) groups is 1. The summed E-state index contributed by atoms with van der Waals surface area (Å²) in [5, 5.41) is 2.47. The Morgan fingerprint density at radius 1 is 1.00 bits per heavy atom. The quantitative estimate of drug-likeness (QED) is 0.851. The van der Waals surface area contributed by atoms with Gasteiger partial charge in [0.15, 0.2) is 0 Å². The molecule has 1 N–H and O–H groups in total. The number of anilines is 1. The van der Waals surface area contributed by atoms with Gasteiger partial charge in [0.2, 0.25) is 0 Å². The SMILES string of the molecule is O=C(Nc1ccccc1)N(S)S(=O)(=O)Cc1ccccc1. The van der Waals surface area contributed by atoms with Crippen LogP contribution in [0.2, 0.25) is 0 Å². The summed E-state index contributed by atoms with van der Waals surface area (Å²) in [6.45, 7) is 0. The number of para-hydroxylation sites is 1. The summed E-state index contributed by atoms with van der Waals surface area (Å²) >= 11 is 3.80. The minimum absolute atomic E-state index is 0.292. The largest absolute Gasteiger partial charge is 0.345 e. The molecule has 2 aromatic carbocycles. The molecule has 2 rings (SSSR count). The van der Waals surface area contributed by atoms with Crippen molar-refractivity contribution in [3.8, 4) is 0 Å². The molecule has 0 saturated heterocycles. The summed E-state index contributed by atoms with van der Waals surface area (Å²) in [5.41, 5.74) is 1.08. The van der Waals surface area contributed by atoms with Crippen LogP contribution in [0.1, 0.15) is 5.56 Å². The van der Waals surface area contributed by atoms with E-state index in [0.29, 0.717) is 15.0 Å². The van der Waals surface area contributed by atoms with Crippen LogP contribution in [-0.2, 0) is 15.8 Å². The highest BCUT2D eigenvalue weighted by Crippen LogP contribution is 2.15.